The van der Waals surface area contributed by atoms with Crippen LogP contribution in [0.15, 0.2) is 6.20 Å². The Bertz CT molecular complexity index is 519. The summed E-state index contributed by atoms with van der Waals surface area (Å²) in [5.41, 5.74) is 2.35. The largest absolute Gasteiger partial charge is 0.506 e. The van der Waals surface area contributed by atoms with E-state index < -0.39 is 0 Å². The van der Waals surface area contributed by atoms with Gasteiger partial charge in [0, 0.05) is 49.5 Å². The number of piperazine rings is 1. The maximum Gasteiger partial charge on any atom is 0.141 e. The van der Waals surface area contributed by atoms with Crippen LogP contribution >= 0.6 is 24.8 Å². The molecule has 1 aromatic rings. The fraction of sp³-hybridized carbons (Fsp3) is 0.706. The minimum Gasteiger partial charge on any atom is -0.506 e. The Morgan fingerprint density at radius 1 is 1.25 bits per heavy atom. The van der Waals surface area contributed by atoms with Crippen molar-refractivity contribution in [1.29, 1.82) is 0 Å². The smallest absolute Gasteiger partial charge is 0.141 e. The quantitative estimate of drug-likeness (QED) is 0.752. The summed E-state index contributed by atoms with van der Waals surface area (Å²) in [6, 6.07) is 0.202. The summed E-state index contributed by atoms with van der Waals surface area (Å²) in [7, 11) is 0. The van der Waals surface area contributed by atoms with Crippen LogP contribution in [-0.2, 0) is 6.61 Å². The number of hydrogen-bond donors (Lipinski definition) is 3. The average molecular weight is 378 g/mol. The van der Waals surface area contributed by atoms with E-state index in [9.17, 15) is 10.2 Å². The molecule has 1 saturated heterocycles. The minimum atomic E-state index is -0.0640. The summed E-state index contributed by atoms with van der Waals surface area (Å²) >= 11 is 0. The fourth-order valence-electron chi connectivity index (χ4n) is 4.06. The van der Waals surface area contributed by atoms with Crippen LogP contribution in [-0.4, -0.2) is 46.3 Å². The second-order valence-corrected chi connectivity index (χ2v) is 6.56. The molecule has 5 nitrogen and oxygen atoms in total. The van der Waals surface area contributed by atoms with E-state index in [2.05, 4.69) is 15.2 Å². The van der Waals surface area contributed by atoms with Crippen molar-refractivity contribution >= 4 is 24.8 Å². The van der Waals surface area contributed by atoms with Crippen molar-refractivity contribution in [1.82, 2.24) is 15.2 Å². The lowest BCUT2D eigenvalue weighted by atomic mass is 9.87. The SMILES string of the molecule is Cc1ncc(CO)c([C@H](C2CCCC2)N2CCNCC2)c1O.Cl.Cl. The van der Waals surface area contributed by atoms with E-state index in [1.54, 1.807) is 6.20 Å². The first kappa shape index (κ1) is 21.5. The highest BCUT2D eigenvalue weighted by Gasteiger charge is 2.35. The highest BCUT2D eigenvalue weighted by Crippen LogP contribution is 2.44. The third kappa shape index (κ3) is 4.33. The molecule has 1 aromatic heterocycles. The van der Waals surface area contributed by atoms with Gasteiger partial charge in [-0.1, -0.05) is 12.8 Å². The maximum absolute atomic E-state index is 10.7. The molecule has 1 saturated carbocycles. The van der Waals surface area contributed by atoms with Gasteiger partial charge in [-0.05, 0) is 25.7 Å². The summed E-state index contributed by atoms with van der Waals surface area (Å²) in [6.07, 6.45) is 6.69. The summed E-state index contributed by atoms with van der Waals surface area (Å²) in [5, 5.41) is 23.8. The Morgan fingerprint density at radius 2 is 1.88 bits per heavy atom. The van der Waals surface area contributed by atoms with Crippen LogP contribution in [0.25, 0.3) is 0 Å². The normalized spacial score (nSPS) is 20.2. The predicted molar refractivity (Wildman–Crippen MR) is 100 cm³/mol. The van der Waals surface area contributed by atoms with Crippen molar-refractivity contribution in [2.45, 2.75) is 45.3 Å². The van der Waals surface area contributed by atoms with Gasteiger partial charge in [0.15, 0.2) is 0 Å². The van der Waals surface area contributed by atoms with Gasteiger partial charge < -0.3 is 15.5 Å². The van der Waals surface area contributed by atoms with Crippen LogP contribution in [0.5, 0.6) is 5.75 Å². The highest BCUT2D eigenvalue weighted by molar-refractivity contribution is 5.85. The lowest BCUT2D eigenvalue weighted by molar-refractivity contribution is 0.120. The Labute approximate surface area is 156 Å². The zero-order chi connectivity index (χ0) is 15.5. The first-order valence-electron chi connectivity index (χ1n) is 8.45. The van der Waals surface area contributed by atoms with Gasteiger partial charge in [0.2, 0.25) is 0 Å². The molecular weight excluding hydrogens is 349 g/mol. The van der Waals surface area contributed by atoms with Crippen LogP contribution in [0, 0.1) is 12.8 Å². The van der Waals surface area contributed by atoms with Crippen LogP contribution in [0.1, 0.15) is 48.5 Å². The molecule has 1 aliphatic carbocycles. The Balaban J connectivity index is 0.00000144. The number of halogens is 2. The molecule has 138 valence electrons. The van der Waals surface area contributed by atoms with Gasteiger partial charge in [-0.15, -0.1) is 24.8 Å². The van der Waals surface area contributed by atoms with Crippen molar-refractivity contribution in [2.75, 3.05) is 26.2 Å². The van der Waals surface area contributed by atoms with E-state index in [0.717, 1.165) is 37.3 Å². The maximum atomic E-state index is 10.7. The highest BCUT2D eigenvalue weighted by atomic mass is 35.5. The van der Waals surface area contributed by atoms with Crippen LogP contribution in [0.3, 0.4) is 0 Å². The fourth-order valence-corrected chi connectivity index (χ4v) is 4.06. The summed E-state index contributed by atoms with van der Waals surface area (Å²) in [4.78, 5) is 6.71. The molecule has 0 unspecified atom stereocenters. The Hall–Kier alpha value is -0.590. The van der Waals surface area contributed by atoms with Crippen molar-refractivity contribution < 1.29 is 10.2 Å². The molecule has 0 amide bonds. The topological polar surface area (TPSA) is 68.6 Å². The zero-order valence-electron chi connectivity index (χ0n) is 14.2. The number of aromatic hydroxyl groups is 1. The number of pyridine rings is 1. The number of nitrogens with one attached hydrogen (secondary N) is 1. The average Bonchev–Trinajstić information content (AvgIpc) is 3.07. The van der Waals surface area contributed by atoms with Gasteiger partial charge >= 0.3 is 0 Å². The number of aromatic nitrogens is 1. The first-order valence-corrected chi connectivity index (χ1v) is 8.45. The molecule has 0 spiro atoms. The minimum absolute atomic E-state index is 0. The summed E-state index contributed by atoms with van der Waals surface area (Å²) in [6.45, 7) is 5.74. The van der Waals surface area contributed by atoms with Gasteiger partial charge in [0.25, 0.3) is 0 Å². The second-order valence-electron chi connectivity index (χ2n) is 6.56. The molecule has 0 bridgehead atoms. The standard InChI is InChI=1S/C17H27N3O2.2ClH/c1-12-17(22)15(14(11-21)10-19-12)16(13-4-2-3-5-13)20-8-6-18-7-9-20;;/h10,13,16,18,21-22H,2-9,11H2,1H3;2*1H/t16-;;/m0../s1. The third-order valence-corrected chi connectivity index (χ3v) is 5.22. The first-order chi connectivity index (χ1) is 10.7. The van der Waals surface area contributed by atoms with Crippen molar-refractivity contribution in [3.8, 4) is 5.75 Å². The number of hydrogen-bond acceptors (Lipinski definition) is 5. The summed E-state index contributed by atoms with van der Waals surface area (Å²) < 4.78 is 0. The van der Waals surface area contributed by atoms with Crippen LogP contribution in [0.4, 0.5) is 0 Å². The number of nitrogens with zero attached hydrogens (tertiary/aromatic N) is 2. The number of aryl methyl sites for hydroxylation is 1. The van der Waals surface area contributed by atoms with Crippen molar-refractivity contribution in [2.24, 2.45) is 5.92 Å². The van der Waals surface area contributed by atoms with Gasteiger partial charge in [-0.3, -0.25) is 9.88 Å². The molecule has 3 N–H and O–H groups in total. The molecule has 1 atom stereocenters. The summed E-state index contributed by atoms with van der Waals surface area (Å²) in [5.74, 6) is 0.845. The zero-order valence-corrected chi connectivity index (χ0v) is 15.8. The predicted octanol–water partition coefficient (Wildman–Crippen LogP) is 2.57. The van der Waals surface area contributed by atoms with E-state index in [-0.39, 0.29) is 43.2 Å². The molecule has 7 heteroatoms. The number of rotatable bonds is 4. The van der Waals surface area contributed by atoms with Crippen LogP contribution in [0.2, 0.25) is 0 Å². The molecule has 3 rings (SSSR count). The third-order valence-electron chi connectivity index (χ3n) is 5.22. The Kier molecular flexibility index (Phi) is 8.74. The molecule has 0 aromatic carbocycles. The lowest BCUT2D eigenvalue weighted by Crippen LogP contribution is -2.47. The van der Waals surface area contributed by atoms with Crippen molar-refractivity contribution in [3.05, 3.63) is 23.0 Å². The van der Waals surface area contributed by atoms with Crippen molar-refractivity contribution in [3.63, 3.8) is 0 Å². The van der Waals surface area contributed by atoms with Gasteiger partial charge in [0.1, 0.15) is 5.75 Å². The monoisotopic (exact) mass is 377 g/mol. The molecule has 0 radical (unpaired) electrons. The van der Waals surface area contributed by atoms with Gasteiger partial charge in [0.05, 0.1) is 12.3 Å². The second kappa shape index (κ2) is 9.78. The van der Waals surface area contributed by atoms with E-state index in [4.69, 9.17) is 0 Å². The molecule has 2 fully saturated rings. The molecule has 2 aliphatic rings. The van der Waals surface area contributed by atoms with Crippen LogP contribution < -0.4 is 5.32 Å². The molecular formula is C17H29Cl2N3O2. The van der Waals surface area contributed by atoms with E-state index in [0.29, 0.717) is 11.6 Å². The van der Waals surface area contributed by atoms with Gasteiger partial charge in [-0.25, -0.2) is 0 Å². The van der Waals surface area contributed by atoms with E-state index in [1.165, 1.54) is 25.7 Å². The number of aliphatic hydroxyl groups excluding tert-OH is 1. The molecule has 24 heavy (non-hydrogen) atoms. The molecule has 2 heterocycles. The van der Waals surface area contributed by atoms with E-state index >= 15 is 0 Å². The lowest BCUT2D eigenvalue weighted by Gasteiger charge is -2.39. The number of aliphatic hydroxyl groups is 1. The Morgan fingerprint density at radius 3 is 2.46 bits per heavy atom. The molecule has 1 aliphatic heterocycles. The van der Waals surface area contributed by atoms with E-state index in [1.807, 2.05) is 6.92 Å². The van der Waals surface area contributed by atoms with Gasteiger partial charge in [-0.2, -0.15) is 0 Å².